The van der Waals surface area contributed by atoms with Gasteiger partial charge in [-0.15, -0.1) is 0 Å². The number of nitrogens with zero attached hydrogens (tertiary/aromatic N) is 2. The van der Waals surface area contributed by atoms with Gasteiger partial charge in [-0.2, -0.15) is 13.2 Å². The first-order valence-electron chi connectivity index (χ1n) is 11.8. The molecule has 0 atom stereocenters. The molecule has 0 unspecified atom stereocenters. The van der Waals surface area contributed by atoms with E-state index in [1.54, 1.807) is 0 Å². The Kier molecular flexibility index (Phi) is 8.50. The molecule has 6 nitrogen and oxygen atoms in total. The fourth-order valence-corrected chi connectivity index (χ4v) is 3.75. The topological polar surface area (TPSA) is 90.9 Å². The maximum atomic E-state index is 10.6. The van der Waals surface area contributed by atoms with Crippen molar-refractivity contribution in [2.45, 2.75) is 19.1 Å². The van der Waals surface area contributed by atoms with Gasteiger partial charge in [-0.3, -0.25) is 4.98 Å². The first-order valence-corrected chi connectivity index (χ1v) is 11.8. The summed E-state index contributed by atoms with van der Waals surface area (Å²) in [6, 6.07) is 31.4. The second kappa shape index (κ2) is 12.2. The van der Waals surface area contributed by atoms with Gasteiger partial charge in [0.1, 0.15) is 5.82 Å². The van der Waals surface area contributed by atoms with E-state index in [2.05, 4.69) is 75.9 Å². The van der Waals surface area contributed by atoms with Crippen LogP contribution in [0, 0.1) is 0 Å². The molecular weight excluding hydrogens is 493 g/mol. The van der Waals surface area contributed by atoms with Gasteiger partial charge in [0, 0.05) is 37.0 Å². The summed E-state index contributed by atoms with van der Waals surface area (Å²) < 4.78 is 31.7. The molecule has 0 saturated heterocycles. The number of rotatable bonds is 7. The number of carbonyl (C=O) groups is 1. The van der Waals surface area contributed by atoms with Crippen LogP contribution in [0.5, 0.6) is 0 Å². The van der Waals surface area contributed by atoms with Gasteiger partial charge >= 0.3 is 12.1 Å². The molecule has 0 aliphatic heterocycles. The third-order valence-electron chi connectivity index (χ3n) is 5.67. The summed E-state index contributed by atoms with van der Waals surface area (Å²) in [7, 11) is 0. The molecule has 3 N–H and O–H groups in total. The number of para-hydroxylation sites is 2. The number of alkyl halides is 3. The van der Waals surface area contributed by atoms with Crippen LogP contribution in [0.1, 0.15) is 11.3 Å². The van der Waals surface area contributed by atoms with E-state index in [9.17, 15) is 13.2 Å². The average molecular weight is 519 g/mol. The van der Waals surface area contributed by atoms with Crippen molar-refractivity contribution in [3.05, 3.63) is 108 Å². The highest BCUT2D eigenvalue weighted by Crippen LogP contribution is 2.26. The Morgan fingerprint density at radius 1 is 0.868 bits per heavy atom. The Hall–Kier alpha value is -4.50. The highest BCUT2D eigenvalue weighted by molar-refractivity contribution is 5.80. The summed E-state index contributed by atoms with van der Waals surface area (Å²) in [5.74, 6) is -1.86. The number of benzene rings is 3. The Morgan fingerprint density at radius 3 is 2.26 bits per heavy atom. The standard InChI is InChI=1S/C27H24N4.C2HF3O2/c1-2-10-26-25(9-1)30-27(31-26)23-7-5-6-22(18-23)21-13-11-20(12-14-21)19-28-17-15-24-8-3-4-16-29-24;3-2(4,5)1(6)7/h1-14,16,18,28H,15,17,19H2,(H,30,31);(H,6,7). The fourth-order valence-electron chi connectivity index (χ4n) is 3.75. The number of hydrogen-bond donors (Lipinski definition) is 3. The van der Waals surface area contributed by atoms with Crippen LogP contribution in [0.3, 0.4) is 0 Å². The van der Waals surface area contributed by atoms with Gasteiger partial charge in [-0.25, -0.2) is 9.78 Å². The minimum atomic E-state index is -5.08. The van der Waals surface area contributed by atoms with Gasteiger partial charge in [0.15, 0.2) is 0 Å². The Morgan fingerprint density at radius 2 is 1.58 bits per heavy atom. The molecule has 2 heterocycles. The molecule has 0 fully saturated rings. The van der Waals surface area contributed by atoms with Crippen LogP contribution in [-0.4, -0.2) is 38.7 Å². The zero-order valence-corrected chi connectivity index (χ0v) is 20.2. The van der Waals surface area contributed by atoms with E-state index in [1.807, 2.05) is 36.5 Å². The van der Waals surface area contributed by atoms with Gasteiger partial charge in [0.05, 0.1) is 11.0 Å². The number of nitrogens with one attached hydrogen (secondary N) is 2. The zero-order valence-electron chi connectivity index (χ0n) is 20.2. The number of pyridine rings is 1. The maximum absolute atomic E-state index is 10.6. The third-order valence-corrected chi connectivity index (χ3v) is 5.67. The van der Waals surface area contributed by atoms with Crippen molar-refractivity contribution in [1.82, 2.24) is 20.3 Å². The Labute approximate surface area is 217 Å². The van der Waals surface area contributed by atoms with Crippen LogP contribution in [0.15, 0.2) is 97.2 Å². The molecule has 0 aliphatic carbocycles. The van der Waals surface area contributed by atoms with E-state index < -0.39 is 12.1 Å². The van der Waals surface area contributed by atoms with Crippen molar-refractivity contribution in [3.63, 3.8) is 0 Å². The number of H-pyrrole nitrogens is 1. The number of hydrogen-bond acceptors (Lipinski definition) is 4. The zero-order chi connectivity index (χ0) is 27.0. The van der Waals surface area contributed by atoms with Crippen molar-refractivity contribution in [1.29, 1.82) is 0 Å². The van der Waals surface area contributed by atoms with E-state index in [1.165, 1.54) is 16.7 Å². The molecule has 0 amide bonds. The highest BCUT2D eigenvalue weighted by atomic mass is 19.4. The summed E-state index contributed by atoms with van der Waals surface area (Å²) in [5.41, 5.74) is 7.93. The summed E-state index contributed by atoms with van der Waals surface area (Å²) >= 11 is 0. The second-order valence-electron chi connectivity index (χ2n) is 8.43. The van der Waals surface area contributed by atoms with Crippen LogP contribution in [0.2, 0.25) is 0 Å². The van der Waals surface area contributed by atoms with Gasteiger partial charge in [-0.1, -0.05) is 60.7 Å². The molecule has 0 radical (unpaired) electrons. The van der Waals surface area contributed by atoms with Gasteiger partial charge < -0.3 is 15.4 Å². The monoisotopic (exact) mass is 518 g/mol. The average Bonchev–Trinajstić information content (AvgIpc) is 3.37. The first kappa shape index (κ1) is 26.6. The molecule has 2 aromatic heterocycles. The van der Waals surface area contributed by atoms with Gasteiger partial charge in [0.2, 0.25) is 0 Å². The van der Waals surface area contributed by atoms with Crippen molar-refractivity contribution in [2.75, 3.05) is 6.54 Å². The molecular formula is C29H25F3N4O2. The number of aromatic amines is 1. The van der Waals surface area contributed by atoms with Crippen LogP contribution >= 0.6 is 0 Å². The normalized spacial score (nSPS) is 11.1. The number of carboxylic acids is 1. The molecule has 5 rings (SSSR count). The summed E-state index contributed by atoms with van der Waals surface area (Å²) in [4.78, 5) is 21.4. The largest absolute Gasteiger partial charge is 0.490 e. The van der Waals surface area contributed by atoms with Crippen molar-refractivity contribution >= 4 is 17.0 Å². The Bertz CT molecular complexity index is 1450. The number of fused-ring (bicyclic) bond motifs is 1. The van der Waals surface area contributed by atoms with Crippen LogP contribution in [0.4, 0.5) is 13.2 Å². The van der Waals surface area contributed by atoms with Crippen LogP contribution in [0.25, 0.3) is 33.5 Å². The highest BCUT2D eigenvalue weighted by Gasteiger charge is 2.38. The summed E-state index contributed by atoms with van der Waals surface area (Å²) in [5, 5.41) is 10.6. The first-order chi connectivity index (χ1) is 18.3. The predicted octanol–water partition coefficient (Wildman–Crippen LogP) is 6.26. The van der Waals surface area contributed by atoms with Crippen molar-refractivity contribution < 1.29 is 23.1 Å². The molecule has 194 valence electrons. The molecule has 0 aliphatic rings. The summed E-state index contributed by atoms with van der Waals surface area (Å²) in [6.07, 6.45) is -2.30. The van der Waals surface area contributed by atoms with Crippen molar-refractivity contribution in [2.24, 2.45) is 0 Å². The van der Waals surface area contributed by atoms with Gasteiger partial charge in [0.25, 0.3) is 0 Å². The van der Waals surface area contributed by atoms with E-state index in [0.717, 1.165) is 47.6 Å². The minimum absolute atomic E-state index is 0.853. The molecule has 0 spiro atoms. The predicted molar refractivity (Wildman–Crippen MR) is 140 cm³/mol. The SMILES string of the molecule is O=C(O)C(F)(F)F.c1ccc(CCNCc2ccc(-c3cccc(-c4nc5ccccc5[nH]4)c3)cc2)nc1. The molecule has 9 heteroatoms. The van der Waals surface area contributed by atoms with E-state index in [4.69, 9.17) is 14.9 Å². The van der Waals surface area contributed by atoms with E-state index >= 15 is 0 Å². The second-order valence-corrected chi connectivity index (χ2v) is 8.43. The maximum Gasteiger partial charge on any atom is 0.490 e. The third kappa shape index (κ3) is 7.27. The van der Waals surface area contributed by atoms with Crippen LogP contribution in [-0.2, 0) is 17.8 Å². The van der Waals surface area contributed by atoms with Crippen LogP contribution < -0.4 is 5.32 Å². The number of imidazole rings is 1. The molecule has 0 saturated carbocycles. The van der Waals surface area contributed by atoms with Crippen molar-refractivity contribution in [3.8, 4) is 22.5 Å². The fraction of sp³-hybridized carbons (Fsp3) is 0.138. The van der Waals surface area contributed by atoms with E-state index in [-0.39, 0.29) is 0 Å². The number of aliphatic carboxylic acids is 1. The molecule has 3 aromatic carbocycles. The lowest BCUT2D eigenvalue weighted by Gasteiger charge is -2.07. The quantitative estimate of drug-likeness (QED) is 0.221. The molecule has 38 heavy (non-hydrogen) atoms. The lowest BCUT2D eigenvalue weighted by Crippen LogP contribution is -2.21. The van der Waals surface area contributed by atoms with E-state index in [0.29, 0.717) is 0 Å². The molecule has 5 aromatic rings. The summed E-state index contributed by atoms with van der Waals surface area (Å²) in [6.45, 7) is 1.77. The number of carboxylic acid groups (broad SMARTS) is 1. The van der Waals surface area contributed by atoms with Gasteiger partial charge in [-0.05, 0) is 47.0 Å². The molecule has 0 bridgehead atoms. The Balaban J connectivity index is 0.000000426. The lowest BCUT2D eigenvalue weighted by molar-refractivity contribution is -0.192. The number of halogens is 3. The minimum Gasteiger partial charge on any atom is -0.475 e. The number of aromatic nitrogens is 3. The smallest absolute Gasteiger partial charge is 0.475 e. The lowest BCUT2D eigenvalue weighted by atomic mass is 10.0.